The molecule has 2 aromatic carbocycles. The molecule has 3 rings (SSSR count). The van der Waals surface area contributed by atoms with Gasteiger partial charge in [-0.2, -0.15) is 0 Å². The van der Waals surface area contributed by atoms with Crippen molar-refractivity contribution in [3.63, 3.8) is 0 Å². The number of hydrogen-bond donors (Lipinski definition) is 4. The van der Waals surface area contributed by atoms with E-state index >= 15 is 0 Å². The molecule has 1 fully saturated rings. The van der Waals surface area contributed by atoms with Crippen molar-refractivity contribution >= 4 is 17.7 Å². The molecule has 6 heteroatoms. The molecule has 0 heterocycles. The molecule has 4 N–H and O–H groups in total. The molecule has 2 aromatic rings. The molecular weight excluding hydrogens is 330 g/mol. The lowest BCUT2D eigenvalue weighted by atomic mass is 10.1. The van der Waals surface area contributed by atoms with Crippen molar-refractivity contribution in [2.75, 3.05) is 5.32 Å². The molecule has 0 spiro atoms. The highest BCUT2D eigenvalue weighted by Crippen LogP contribution is 2.20. The minimum Gasteiger partial charge on any atom is -0.478 e. The minimum absolute atomic E-state index is 0.128. The number of aromatic carboxylic acids is 1. The van der Waals surface area contributed by atoms with E-state index in [0.717, 1.165) is 29.7 Å². The van der Waals surface area contributed by atoms with Crippen LogP contribution in [0.5, 0.6) is 0 Å². The summed E-state index contributed by atoms with van der Waals surface area (Å²) in [7, 11) is 0. The first-order valence-corrected chi connectivity index (χ1v) is 8.74. The summed E-state index contributed by atoms with van der Waals surface area (Å²) in [6.07, 6.45) is 2.13. The number of nitrogens with one attached hydrogen (secondary N) is 3. The van der Waals surface area contributed by atoms with Crippen molar-refractivity contribution in [3.05, 3.63) is 65.2 Å². The standard InChI is InChI=1S/C20H23N3O3/c1-13(21-12-14-2-4-16(5-3-14)19(24)25)15-6-8-17(9-7-15)22-20(26)23-18-10-11-18/h2-9,13,18,21H,10-12H2,1H3,(H,24,25)(H2,22,23,26). The van der Waals surface area contributed by atoms with Crippen LogP contribution in [0.25, 0.3) is 0 Å². The first-order chi connectivity index (χ1) is 12.5. The van der Waals surface area contributed by atoms with E-state index in [1.54, 1.807) is 12.1 Å². The Morgan fingerprint density at radius 1 is 1.08 bits per heavy atom. The highest BCUT2D eigenvalue weighted by molar-refractivity contribution is 5.89. The number of carboxylic acids is 1. The maximum atomic E-state index is 11.7. The van der Waals surface area contributed by atoms with Gasteiger partial charge < -0.3 is 21.1 Å². The van der Waals surface area contributed by atoms with Crippen LogP contribution in [0, 0.1) is 0 Å². The maximum absolute atomic E-state index is 11.7. The lowest BCUT2D eigenvalue weighted by molar-refractivity contribution is 0.0697. The Morgan fingerprint density at radius 2 is 1.73 bits per heavy atom. The first kappa shape index (κ1) is 17.9. The third-order valence-corrected chi connectivity index (χ3v) is 4.39. The largest absolute Gasteiger partial charge is 0.478 e. The van der Waals surface area contributed by atoms with Gasteiger partial charge in [-0.3, -0.25) is 0 Å². The van der Waals surface area contributed by atoms with Crippen LogP contribution >= 0.6 is 0 Å². The van der Waals surface area contributed by atoms with Crippen molar-refractivity contribution < 1.29 is 14.7 Å². The van der Waals surface area contributed by atoms with E-state index < -0.39 is 5.97 Å². The van der Waals surface area contributed by atoms with Crippen LogP contribution in [0.3, 0.4) is 0 Å². The van der Waals surface area contributed by atoms with Gasteiger partial charge >= 0.3 is 12.0 Å². The summed E-state index contributed by atoms with van der Waals surface area (Å²) < 4.78 is 0. The second-order valence-corrected chi connectivity index (χ2v) is 6.60. The van der Waals surface area contributed by atoms with Gasteiger partial charge in [0.15, 0.2) is 0 Å². The highest BCUT2D eigenvalue weighted by atomic mass is 16.4. The molecule has 1 atom stereocenters. The Hall–Kier alpha value is -2.86. The van der Waals surface area contributed by atoms with E-state index in [-0.39, 0.29) is 17.6 Å². The zero-order chi connectivity index (χ0) is 18.5. The third kappa shape index (κ3) is 5.07. The van der Waals surface area contributed by atoms with Crippen molar-refractivity contribution in [2.45, 2.75) is 38.4 Å². The number of benzene rings is 2. The van der Waals surface area contributed by atoms with Gasteiger partial charge in [-0.05, 0) is 55.2 Å². The molecular formula is C20H23N3O3. The van der Waals surface area contributed by atoms with Gasteiger partial charge in [0.1, 0.15) is 0 Å². The SMILES string of the molecule is CC(NCc1ccc(C(=O)O)cc1)c1ccc(NC(=O)NC2CC2)cc1. The predicted octanol–water partition coefficient (Wildman–Crippen LogP) is 3.52. The highest BCUT2D eigenvalue weighted by Gasteiger charge is 2.23. The van der Waals surface area contributed by atoms with E-state index in [1.807, 2.05) is 36.4 Å². The van der Waals surface area contributed by atoms with Crippen LogP contribution in [0.4, 0.5) is 10.5 Å². The lowest BCUT2D eigenvalue weighted by Gasteiger charge is -2.15. The third-order valence-electron chi connectivity index (χ3n) is 4.39. The number of anilines is 1. The summed E-state index contributed by atoms with van der Waals surface area (Å²) in [6, 6.07) is 14.9. The number of urea groups is 1. The Balaban J connectivity index is 1.49. The average Bonchev–Trinajstić information content (AvgIpc) is 3.44. The molecule has 0 saturated heterocycles. The molecule has 1 aliphatic carbocycles. The van der Waals surface area contributed by atoms with Gasteiger partial charge in [0, 0.05) is 24.3 Å². The average molecular weight is 353 g/mol. The molecule has 6 nitrogen and oxygen atoms in total. The van der Waals surface area contributed by atoms with Crippen LogP contribution in [0.2, 0.25) is 0 Å². The van der Waals surface area contributed by atoms with Gasteiger partial charge in [0.25, 0.3) is 0 Å². The van der Waals surface area contributed by atoms with Crippen LogP contribution in [0.15, 0.2) is 48.5 Å². The quantitative estimate of drug-likeness (QED) is 0.613. The van der Waals surface area contributed by atoms with Crippen molar-refractivity contribution in [1.82, 2.24) is 10.6 Å². The zero-order valence-corrected chi connectivity index (χ0v) is 14.7. The van der Waals surface area contributed by atoms with E-state index in [0.29, 0.717) is 12.6 Å². The smallest absolute Gasteiger partial charge is 0.335 e. The van der Waals surface area contributed by atoms with E-state index in [9.17, 15) is 9.59 Å². The number of carbonyl (C=O) groups is 2. The summed E-state index contributed by atoms with van der Waals surface area (Å²) in [5, 5.41) is 18.1. The second-order valence-electron chi connectivity index (χ2n) is 6.60. The first-order valence-electron chi connectivity index (χ1n) is 8.74. The van der Waals surface area contributed by atoms with Gasteiger partial charge in [-0.25, -0.2) is 9.59 Å². The normalized spacial score (nSPS) is 14.5. The number of amides is 2. The predicted molar refractivity (Wildman–Crippen MR) is 100 cm³/mol. The lowest BCUT2D eigenvalue weighted by Crippen LogP contribution is -2.30. The molecule has 0 radical (unpaired) electrons. The van der Waals surface area contributed by atoms with E-state index in [1.165, 1.54) is 0 Å². The summed E-state index contributed by atoms with van der Waals surface area (Å²) in [4.78, 5) is 22.6. The monoisotopic (exact) mass is 353 g/mol. The number of hydrogen-bond acceptors (Lipinski definition) is 3. The van der Waals surface area contributed by atoms with Crippen molar-refractivity contribution in [1.29, 1.82) is 0 Å². The van der Waals surface area contributed by atoms with Crippen molar-refractivity contribution in [3.8, 4) is 0 Å². The Bertz CT molecular complexity index is 768. The zero-order valence-electron chi connectivity index (χ0n) is 14.7. The van der Waals surface area contributed by atoms with Crippen molar-refractivity contribution in [2.24, 2.45) is 0 Å². The molecule has 26 heavy (non-hydrogen) atoms. The summed E-state index contributed by atoms with van der Waals surface area (Å²) in [5.74, 6) is -0.919. The Labute approximate surface area is 152 Å². The van der Waals surface area contributed by atoms with Crippen LogP contribution in [-0.2, 0) is 6.54 Å². The Kier molecular flexibility index (Phi) is 5.53. The Morgan fingerprint density at radius 3 is 2.31 bits per heavy atom. The molecule has 1 aliphatic rings. The molecule has 1 saturated carbocycles. The fourth-order valence-electron chi connectivity index (χ4n) is 2.59. The number of carbonyl (C=O) groups excluding carboxylic acids is 1. The topological polar surface area (TPSA) is 90.5 Å². The number of carboxylic acid groups (broad SMARTS) is 1. The summed E-state index contributed by atoms with van der Waals surface area (Å²) in [6.45, 7) is 2.71. The molecule has 0 bridgehead atoms. The van der Waals surface area contributed by atoms with Crippen LogP contribution in [-0.4, -0.2) is 23.1 Å². The summed E-state index contributed by atoms with van der Waals surface area (Å²) in [5.41, 5.74) is 3.19. The second kappa shape index (κ2) is 8.01. The van der Waals surface area contributed by atoms with Gasteiger partial charge in [-0.15, -0.1) is 0 Å². The summed E-state index contributed by atoms with van der Waals surface area (Å²) >= 11 is 0. The molecule has 1 unspecified atom stereocenters. The van der Waals surface area contributed by atoms with Crippen LogP contribution < -0.4 is 16.0 Å². The molecule has 0 aromatic heterocycles. The number of rotatable bonds is 7. The van der Waals surface area contributed by atoms with Gasteiger partial charge in [-0.1, -0.05) is 24.3 Å². The maximum Gasteiger partial charge on any atom is 0.335 e. The fraction of sp³-hybridized carbons (Fsp3) is 0.300. The molecule has 136 valence electrons. The molecule has 2 amide bonds. The fourth-order valence-corrected chi connectivity index (χ4v) is 2.59. The molecule has 0 aliphatic heterocycles. The van der Waals surface area contributed by atoms with E-state index in [4.69, 9.17) is 5.11 Å². The van der Waals surface area contributed by atoms with E-state index in [2.05, 4.69) is 22.9 Å². The minimum atomic E-state index is -0.919. The van der Waals surface area contributed by atoms with Gasteiger partial charge in [0.05, 0.1) is 5.56 Å². The van der Waals surface area contributed by atoms with Gasteiger partial charge in [0.2, 0.25) is 0 Å². The van der Waals surface area contributed by atoms with Crippen LogP contribution in [0.1, 0.15) is 47.3 Å².